The zero-order valence-electron chi connectivity index (χ0n) is 15.6. The van der Waals surface area contributed by atoms with E-state index in [-0.39, 0.29) is 17.3 Å². The smallest absolute Gasteiger partial charge is 0.229 e. The number of benzene rings is 2. The molecule has 146 valence electrons. The Kier molecular flexibility index (Phi) is 4.11. The molecule has 0 radical (unpaired) electrons. The number of allylic oxidation sites excluding steroid dienone is 1. The van der Waals surface area contributed by atoms with Crippen molar-refractivity contribution in [3.63, 3.8) is 0 Å². The summed E-state index contributed by atoms with van der Waals surface area (Å²) in [4.78, 5) is 0. The molecule has 0 saturated carbocycles. The number of para-hydroxylation sites is 1. The Morgan fingerprint density at radius 3 is 2.47 bits per heavy atom. The lowest BCUT2D eigenvalue weighted by Crippen LogP contribution is -2.22. The SMILES string of the molecule is N#CC1=C(N)Oc2c(c(-c3ccco3)nn2-c2ccccc2)C1c1ccc(F)cc1. The van der Waals surface area contributed by atoms with Crippen LogP contribution in [0.3, 0.4) is 0 Å². The zero-order valence-corrected chi connectivity index (χ0v) is 15.6. The molecule has 0 amide bonds. The van der Waals surface area contributed by atoms with Crippen molar-refractivity contribution >= 4 is 0 Å². The maximum absolute atomic E-state index is 13.6. The molecule has 1 aliphatic heterocycles. The number of hydrogen-bond donors (Lipinski definition) is 1. The molecule has 2 aromatic carbocycles. The molecule has 0 bridgehead atoms. The quantitative estimate of drug-likeness (QED) is 0.549. The molecule has 0 spiro atoms. The van der Waals surface area contributed by atoms with Crippen molar-refractivity contribution in [1.29, 1.82) is 5.26 Å². The van der Waals surface area contributed by atoms with Crippen molar-refractivity contribution in [2.24, 2.45) is 5.73 Å². The summed E-state index contributed by atoms with van der Waals surface area (Å²) >= 11 is 0. The third kappa shape index (κ3) is 2.74. The van der Waals surface area contributed by atoms with Crippen LogP contribution in [0.15, 0.2) is 88.9 Å². The van der Waals surface area contributed by atoms with E-state index >= 15 is 0 Å². The van der Waals surface area contributed by atoms with Gasteiger partial charge in [0, 0.05) is 0 Å². The third-order valence-electron chi connectivity index (χ3n) is 5.01. The van der Waals surface area contributed by atoms with Gasteiger partial charge in [0.05, 0.1) is 23.4 Å². The van der Waals surface area contributed by atoms with Crippen molar-refractivity contribution in [2.75, 3.05) is 0 Å². The molecule has 4 aromatic rings. The molecule has 0 aliphatic carbocycles. The number of halogens is 1. The minimum absolute atomic E-state index is 0.0117. The van der Waals surface area contributed by atoms with Crippen LogP contribution in [0, 0.1) is 17.1 Å². The van der Waals surface area contributed by atoms with Gasteiger partial charge in [-0.15, -0.1) is 0 Å². The predicted octanol–water partition coefficient (Wildman–Crippen LogP) is 4.49. The number of hydrogen-bond acceptors (Lipinski definition) is 5. The summed E-state index contributed by atoms with van der Waals surface area (Å²) in [5.41, 5.74) is 8.97. The van der Waals surface area contributed by atoms with E-state index in [0.717, 1.165) is 5.69 Å². The fourth-order valence-electron chi connectivity index (χ4n) is 3.67. The van der Waals surface area contributed by atoms with Gasteiger partial charge in [-0.3, -0.25) is 0 Å². The standard InChI is InChI=1S/C23H15FN4O2/c24-15-10-8-14(9-11-15)19-17(13-25)22(26)30-23-20(19)21(18-7-4-12-29-18)27-28(23)16-5-2-1-3-6-16/h1-12,19H,26H2. The molecule has 1 unspecified atom stereocenters. The van der Waals surface area contributed by atoms with Gasteiger partial charge in [0.15, 0.2) is 5.76 Å². The van der Waals surface area contributed by atoms with Gasteiger partial charge in [-0.25, -0.2) is 4.39 Å². The molecule has 0 fully saturated rings. The highest BCUT2D eigenvalue weighted by Gasteiger charge is 2.38. The highest BCUT2D eigenvalue weighted by Crippen LogP contribution is 2.47. The van der Waals surface area contributed by atoms with Crippen LogP contribution in [0.5, 0.6) is 5.88 Å². The first-order valence-corrected chi connectivity index (χ1v) is 9.22. The van der Waals surface area contributed by atoms with E-state index in [1.807, 2.05) is 30.3 Å². The van der Waals surface area contributed by atoms with Crippen molar-refractivity contribution in [2.45, 2.75) is 5.92 Å². The number of nitrogens with two attached hydrogens (primary N) is 1. The number of nitrogens with zero attached hydrogens (tertiary/aromatic N) is 3. The third-order valence-corrected chi connectivity index (χ3v) is 5.01. The first-order chi connectivity index (χ1) is 14.7. The molecular formula is C23H15FN4O2. The normalized spacial score (nSPS) is 15.4. The molecule has 6 nitrogen and oxygen atoms in total. The minimum Gasteiger partial charge on any atom is -0.463 e. The van der Waals surface area contributed by atoms with E-state index in [9.17, 15) is 9.65 Å². The molecule has 5 rings (SSSR count). The monoisotopic (exact) mass is 398 g/mol. The van der Waals surface area contributed by atoms with Gasteiger partial charge in [-0.05, 0) is 42.0 Å². The van der Waals surface area contributed by atoms with Gasteiger partial charge in [0.2, 0.25) is 11.8 Å². The van der Waals surface area contributed by atoms with Crippen LogP contribution in [0.2, 0.25) is 0 Å². The van der Waals surface area contributed by atoms with Crippen LogP contribution in [-0.4, -0.2) is 9.78 Å². The highest BCUT2D eigenvalue weighted by atomic mass is 19.1. The minimum atomic E-state index is -0.586. The molecular weight excluding hydrogens is 383 g/mol. The van der Waals surface area contributed by atoms with E-state index < -0.39 is 5.92 Å². The zero-order chi connectivity index (χ0) is 20.7. The second kappa shape index (κ2) is 6.94. The van der Waals surface area contributed by atoms with Gasteiger partial charge in [-0.2, -0.15) is 15.0 Å². The molecule has 2 aromatic heterocycles. The topological polar surface area (TPSA) is 90.0 Å². The van der Waals surface area contributed by atoms with Gasteiger partial charge >= 0.3 is 0 Å². The lowest BCUT2D eigenvalue weighted by molar-refractivity contribution is 0.367. The summed E-state index contributed by atoms with van der Waals surface area (Å²) in [5.74, 6) is -0.0557. The lowest BCUT2D eigenvalue weighted by Gasteiger charge is -2.25. The van der Waals surface area contributed by atoms with E-state index in [1.165, 1.54) is 12.1 Å². The highest BCUT2D eigenvalue weighted by molar-refractivity contribution is 5.69. The maximum Gasteiger partial charge on any atom is 0.229 e. The summed E-state index contributed by atoms with van der Waals surface area (Å²) in [5, 5.41) is 14.6. The Balaban J connectivity index is 1.82. The molecule has 3 heterocycles. The summed E-state index contributed by atoms with van der Waals surface area (Å²) in [6, 6.07) is 21.1. The first kappa shape index (κ1) is 17.8. The molecule has 2 N–H and O–H groups in total. The summed E-state index contributed by atoms with van der Waals surface area (Å²) in [6.45, 7) is 0. The number of fused-ring (bicyclic) bond motifs is 1. The summed E-state index contributed by atoms with van der Waals surface area (Å²) in [6.07, 6.45) is 1.55. The molecule has 7 heteroatoms. The molecule has 1 aliphatic rings. The second-order valence-corrected chi connectivity index (χ2v) is 6.77. The number of ether oxygens (including phenoxy) is 1. The molecule has 30 heavy (non-hydrogen) atoms. The van der Waals surface area contributed by atoms with Crippen LogP contribution >= 0.6 is 0 Å². The fourth-order valence-corrected chi connectivity index (χ4v) is 3.67. The van der Waals surface area contributed by atoms with E-state index in [4.69, 9.17) is 20.0 Å². The van der Waals surface area contributed by atoms with Gasteiger partial charge in [0.1, 0.15) is 23.2 Å². The van der Waals surface area contributed by atoms with E-state index in [1.54, 1.807) is 35.2 Å². The summed E-state index contributed by atoms with van der Waals surface area (Å²) < 4.78 is 26.7. The van der Waals surface area contributed by atoms with E-state index in [2.05, 4.69) is 6.07 Å². The average molecular weight is 398 g/mol. The van der Waals surface area contributed by atoms with Crippen LogP contribution in [0.4, 0.5) is 4.39 Å². The lowest BCUT2D eigenvalue weighted by atomic mass is 9.83. The maximum atomic E-state index is 13.6. The predicted molar refractivity (Wildman–Crippen MR) is 107 cm³/mol. The van der Waals surface area contributed by atoms with Crippen LogP contribution in [0.1, 0.15) is 17.0 Å². The van der Waals surface area contributed by atoms with E-state index in [0.29, 0.717) is 28.5 Å². The van der Waals surface area contributed by atoms with Gasteiger partial charge in [0.25, 0.3) is 0 Å². The van der Waals surface area contributed by atoms with Crippen molar-refractivity contribution in [1.82, 2.24) is 9.78 Å². The first-order valence-electron chi connectivity index (χ1n) is 9.22. The number of nitriles is 1. The Bertz CT molecular complexity index is 1280. The molecule has 0 saturated heterocycles. The van der Waals surface area contributed by atoms with Crippen LogP contribution < -0.4 is 10.5 Å². The van der Waals surface area contributed by atoms with Crippen LogP contribution in [0.25, 0.3) is 17.1 Å². The number of aromatic nitrogens is 2. The second-order valence-electron chi connectivity index (χ2n) is 6.77. The number of rotatable bonds is 3. The van der Waals surface area contributed by atoms with Gasteiger partial charge < -0.3 is 14.9 Å². The largest absolute Gasteiger partial charge is 0.463 e. The Hall–Kier alpha value is -4.31. The summed E-state index contributed by atoms with van der Waals surface area (Å²) in [7, 11) is 0. The van der Waals surface area contributed by atoms with Crippen LogP contribution in [-0.2, 0) is 0 Å². The van der Waals surface area contributed by atoms with Crippen molar-refractivity contribution in [3.8, 4) is 29.1 Å². The Morgan fingerprint density at radius 1 is 1.03 bits per heavy atom. The molecule has 1 atom stereocenters. The average Bonchev–Trinajstić information content (AvgIpc) is 3.42. The van der Waals surface area contributed by atoms with Gasteiger partial charge in [-0.1, -0.05) is 30.3 Å². The Morgan fingerprint density at radius 2 is 1.80 bits per heavy atom. The van der Waals surface area contributed by atoms with Crippen molar-refractivity contribution in [3.05, 3.63) is 101 Å². The fraction of sp³-hybridized carbons (Fsp3) is 0.0435. The Labute approximate surface area is 171 Å². The number of furan rings is 1. The van der Waals surface area contributed by atoms with Crippen molar-refractivity contribution < 1.29 is 13.5 Å².